The number of carbonyl (C=O) groups is 2. The summed E-state index contributed by atoms with van der Waals surface area (Å²) in [6, 6.07) is 5.48. The summed E-state index contributed by atoms with van der Waals surface area (Å²) in [7, 11) is 1.61. The maximum atomic E-state index is 12.6. The van der Waals surface area contributed by atoms with E-state index in [1.54, 1.807) is 26.2 Å². The van der Waals surface area contributed by atoms with Gasteiger partial charge in [-0.2, -0.15) is 0 Å². The first-order valence-corrected chi connectivity index (χ1v) is 7.37. The molecule has 0 saturated heterocycles. The minimum atomic E-state index is -0.439. The molecule has 1 unspecified atom stereocenters. The van der Waals surface area contributed by atoms with Crippen molar-refractivity contribution in [2.24, 2.45) is 5.92 Å². The van der Waals surface area contributed by atoms with E-state index >= 15 is 0 Å². The topological polar surface area (TPSA) is 52.6 Å². The number of ether oxygens (including phenoxy) is 2. The summed E-state index contributed by atoms with van der Waals surface area (Å²) < 4.78 is 10.2. The molecule has 0 spiro atoms. The molecule has 0 N–H and O–H groups in total. The van der Waals surface area contributed by atoms with Crippen LogP contribution in [0.3, 0.4) is 0 Å². The quantitative estimate of drug-likeness (QED) is 0.476. The van der Waals surface area contributed by atoms with Crippen molar-refractivity contribution in [1.29, 1.82) is 0 Å². The van der Waals surface area contributed by atoms with Gasteiger partial charge in [-0.3, -0.25) is 4.79 Å². The lowest BCUT2D eigenvalue weighted by molar-refractivity contribution is -0.138. The van der Waals surface area contributed by atoms with Crippen molar-refractivity contribution in [3.8, 4) is 5.75 Å². The molecule has 0 amide bonds. The number of methoxy groups -OCH3 is 1. The summed E-state index contributed by atoms with van der Waals surface area (Å²) in [6.45, 7) is 5.57. The number of hydrogen-bond donors (Lipinski definition) is 0. The van der Waals surface area contributed by atoms with Crippen molar-refractivity contribution < 1.29 is 19.1 Å². The molecule has 0 bridgehead atoms. The standard InChI is InChI=1S/C18H20O4/c1-4-12(18(20)22-5-2)10-14-7-6-13-11-15(21-3)8-9-16(13)17(14)19/h8-9,11,14H,1,5-7,10H2,2-3H3. The number of carbonyl (C=O) groups excluding carboxylic acids is 2. The number of rotatable bonds is 5. The first-order valence-electron chi connectivity index (χ1n) is 7.37. The monoisotopic (exact) mass is 300 g/mol. The molecule has 0 aromatic heterocycles. The van der Waals surface area contributed by atoms with Gasteiger partial charge in [-0.1, -0.05) is 6.58 Å². The first-order chi connectivity index (χ1) is 10.6. The van der Waals surface area contributed by atoms with Crippen molar-refractivity contribution in [3.63, 3.8) is 0 Å². The second kappa shape index (κ2) is 7.10. The molecular formula is C18H20O4. The van der Waals surface area contributed by atoms with Crippen molar-refractivity contribution >= 4 is 11.8 Å². The van der Waals surface area contributed by atoms with E-state index < -0.39 is 5.97 Å². The summed E-state index contributed by atoms with van der Waals surface area (Å²) in [4.78, 5) is 24.4. The molecule has 0 saturated carbocycles. The molecule has 4 nitrogen and oxygen atoms in total. The van der Waals surface area contributed by atoms with E-state index in [-0.39, 0.29) is 11.7 Å². The fourth-order valence-electron chi connectivity index (χ4n) is 2.71. The third-order valence-corrected chi connectivity index (χ3v) is 3.90. The number of ketones is 1. The summed E-state index contributed by atoms with van der Waals surface area (Å²) in [5.74, 6) is 0.143. The van der Waals surface area contributed by atoms with Crippen LogP contribution in [-0.2, 0) is 16.0 Å². The molecule has 0 heterocycles. The minimum absolute atomic E-state index is 0.0564. The Bertz CT molecular complexity index is 638. The summed E-state index contributed by atoms with van der Waals surface area (Å²) in [5.41, 5.74) is 4.67. The van der Waals surface area contributed by atoms with Crippen molar-refractivity contribution in [1.82, 2.24) is 0 Å². The molecule has 116 valence electrons. The molecule has 4 heteroatoms. The van der Waals surface area contributed by atoms with Crippen LogP contribution in [0.4, 0.5) is 0 Å². The van der Waals surface area contributed by atoms with Gasteiger partial charge in [0.05, 0.1) is 19.3 Å². The Kier molecular flexibility index (Phi) is 5.18. The number of esters is 1. The van der Waals surface area contributed by atoms with Gasteiger partial charge in [0.2, 0.25) is 0 Å². The number of benzene rings is 1. The summed E-state index contributed by atoms with van der Waals surface area (Å²) in [6.07, 6.45) is 1.81. The lowest BCUT2D eigenvalue weighted by atomic mass is 9.79. The van der Waals surface area contributed by atoms with Gasteiger partial charge in [-0.15, -0.1) is 5.73 Å². The molecule has 0 fully saturated rings. The highest BCUT2D eigenvalue weighted by atomic mass is 16.5. The number of aryl methyl sites for hydroxylation is 1. The summed E-state index contributed by atoms with van der Waals surface area (Å²) >= 11 is 0. The van der Waals surface area contributed by atoms with Crippen molar-refractivity contribution in [2.45, 2.75) is 26.2 Å². The van der Waals surface area contributed by atoms with Crippen LogP contribution in [0.5, 0.6) is 5.75 Å². The fourth-order valence-corrected chi connectivity index (χ4v) is 2.71. The average molecular weight is 300 g/mol. The Morgan fingerprint density at radius 2 is 2.23 bits per heavy atom. The van der Waals surface area contributed by atoms with Gasteiger partial charge >= 0.3 is 5.97 Å². The van der Waals surface area contributed by atoms with E-state index in [1.807, 2.05) is 6.07 Å². The second-order valence-corrected chi connectivity index (χ2v) is 5.20. The second-order valence-electron chi connectivity index (χ2n) is 5.20. The van der Waals surface area contributed by atoms with Crippen LogP contribution in [0.25, 0.3) is 0 Å². The van der Waals surface area contributed by atoms with Crippen LogP contribution in [0.15, 0.2) is 36.1 Å². The van der Waals surface area contributed by atoms with Crippen LogP contribution >= 0.6 is 0 Å². The van der Waals surface area contributed by atoms with Gasteiger partial charge in [0, 0.05) is 11.5 Å². The maximum Gasteiger partial charge on any atom is 0.341 e. The molecule has 1 aliphatic carbocycles. The largest absolute Gasteiger partial charge is 0.497 e. The predicted octanol–water partition coefficient (Wildman–Crippen LogP) is 3.10. The van der Waals surface area contributed by atoms with Gasteiger partial charge in [0.15, 0.2) is 5.78 Å². The van der Waals surface area contributed by atoms with Crippen LogP contribution in [-0.4, -0.2) is 25.5 Å². The molecule has 1 atom stereocenters. The molecule has 2 rings (SSSR count). The zero-order chi connectivity index (χ0) is 16.1. The Morgan fingerprint density at radius 1 is 1.45 bits per heavy atom. The van der Waals surface area contributed by atoms with E-state index in [0.717, 1.165) is 17.7 Å². The van der Waals surface area contributed by atoms with Gasteiger partial charge in [-0.05, 0) is 49.9 Å². The molecule has 0 aliphatic heterocycles. The molecular weight excluding hydrogens is 280 g/mol. The van der Waals surface area contributed by atoms with Crippen LogP contribution in [0, 0.1) is 5.92 Å². The normalized spacial score (nSPS) is 16.5. The predicted molar refractivity (Wildman–Crippen MR) is 83.0 cm³/mol. The van der Waals surface area contributed by atoms with Crippen molar-refractivity contribution in [2.75, 3.05) is 13.7 Å². The highest BCUT2D eigenvalue weighted by Gasteiger charge is 2.29. The Balaban J connectivity index is 2.17. The highest BCUT2D eigenvalue weighted by Crippen LogP contribution is 2.31. The Labute approximate surface area is 130 Å². The molecule has 1 aromatic carbocycles. The highest BCUT2D eigenvalue weighted by molar-refractivity contribution is 6.01. The van der Waals surface area contributed by atoms with E-state index in [2.05, 4.69) is 12.3 Å². The summed E-state index contributed by atoms with van der Waals surface area (Å²) in [5, 5.41) is 0. The lowest BCUT2D eigenvalue weighted by Crippen LogP contribution is -2.24. The van der Waals surface area contributed by atoms with E-state index in [4.69, 9.17) is 9.47 Å². The molecule has 22 heavy (non-hydrogen) atoms. The van der Waals surface area contributed by atoms with Gasteiger partial charge in [0.1, 0.15) is 5.75 Å². The third kappa shape index (κ3) is 3.29. The van der Waals surface area contributed by atoms with Crippen LogP contribution in [0.1, 0.15) is 35.7 Å². The number of Topliss-reactive ketones (excluding diaryl/α,β-unsaturated/α-hetero) is 1. The van der Waals surface area contributed by atoms with E-state index in [0.29, 0.717) is 30.6 Å². The van der Waals surface area contributed by atoms with Gasteiger partial charge in [0.25, 0.3) is 0 Å². The van der Waals surface area contributed by atoms with Crippen LogP contribution < -0.4 is 4.74 Å². The molecule has 1 aromatic rings. The molecule has 1 aliphatic rings. The minimum Gasteiger partial charge on any atom is -0.497 e. The van der Waals surface area contributed by atoms with E-state index in [1.165, 1.54) is 0 Å². The van der Waals surface area contributed by atoms with Gasteiger partial charge in [-0.25, -0.2) is 4.79 Å². The smallest absolute Gasteiger partial charge is 0.341 e. The zero-order valence-electron chi connectivity index (χ0n) is 13.0. The first kappa shape index (κ1) is 16.1. The Hall–Kier alpha value is -2.32. The number of fused-ring (bicyclic) bond motifs is 1. The zero-order valence-corrected chi connectivity index (χ0v) is 13.0. The van der Waals surface area contributed by atoms with Crippen LogP contribution in [0.2, 0.25) is 0 Å². The number of hydrogen-bond acceptors (Lipinski definition) is 4. The average Bonchev–Trinajstić information content (AvgIpc) is 2.54. The fraction of sp³-hybridized carbons (Fsp3) is 0.389. The van der Waals surface area contributed by atoms with Gasteiger partial charge < -0.3 is 9.47 Å². The lowest BCUT2D eigenvalue weighted by Gasteiger charge is -2.23. The SMILES string of the molecule is C=C=C(CC1CCc2cc(OC)ccc2C1=O)C(=O)OCC. The third-order valence-electron chi connectivity index (χ3n) is 3.90. The Morgan fingerprint density at radius 3 is 2.86 bits per heavy atom. The maximum absolute atomic E-state index is 12.6. The molecule has 0 radical (unpaired) electrons. The van der Waals surface area contributed by atoms with Crippen molar-refractivity contribution in [3.05, 3.63) is 47.2 Å². The van der Waals surface area contributed by atoms with E-state index in [9.17, 15) is 9.59 Å².